The first-order valence-corrected chi connectivity index (χ1v) is 12.5. The van der Waals surface area contributed by atoms with Crippen molar-refractivity contribution in [2.45, 2.75) is 39.5 Å². The van der Waals surface area contributed by atoms with E-state index in [0.29, 0.717) is 43.3 Å². The van der Waals surface area contributed by atoms with Gasteiger partial charge in [0.2, 0.25) is 12.7 Å². The van der Waals surface area contributed by atoms with Gasteiger partial charge in [0, 0.05) is 38.5 Å². The first kappa shape index (κ1) is 27.9. The number of hydrogen-bond acceptors (Lipinski definition) is 9. The molecule has 0 aromatic heterocycles. The van der Waals surface area contributed by atoms with Crippen molar-refractivity contribution < 1.29 is 42.9 Å². The van der Waals surface area contributed by atoms with E-state index in [1.165, 1.54) is 6.92 Å². The Morgan fingerprint density at radius 2 is 1.59 bits per heavy atom. The molecule has 0 N–H and O–H groups in total. The summed E-state index contributed by atoms with van der Waals surface area (Å²) in [6.07, 6.45) is 2.22. The van der Waals surface area contributed by atoms with Gasteiger partial charge >= 0.3 is 18.0 Å². The average Bonchev–Trinajstić information content (AvgIpc) is 2.89. The summed E-state index contributed by atoms with van der Waals surface area (Å²) in [5, 5.41) is 0. The van der Waals surface area contributed by atoms with E-state index in [4.69, 9.17) is 14.2 Å². The summed E-state index contributed by atoms with van der Waals surface area (Å²) in [6, 6.07) is 6.45. The van der Waals surface area contributed by atoms with Crippen LogP contribution in [0.5, 0.6) is 5.75 Å². The average molecular weight is 519 g/mol. The summed E-state index contributed by atoms with van der Waals surface area (Å²) in [7, 11) is 0. The Morgan fingerprint density at radius 1 is 0.919 bits per heavy atom. The monoisotopic (exact) mass is 518 g/mol. The highest BCUT2D eigenvalue weighted by Gasteiger charge is 2.35. The van der Waals surface area contributed by atoms with Crippen LogP contribution in [0, 0.1) is 11.8 Å². The molecule has 2 aliphatic rings. The largest absolute Gasteiger partial charge is 0.482 e. The Morgan fingerprint density at radius 3 is 2.22 bits per heavy atom. The maximum absolute atomic E-state index is 12.8. The fraction of sp³-hybridized carbons (Fsp3) is 0.577. The lowest BCUT2D eigenvalue weighted by Gasteiger charge is -2.39. The molecule has 37 heavy (non-hydrogen) atoms. The van der Waals surface area contributed by atoms with Crippen LogP contribution in [-0.4, -0.2) is 85.7 Å². The van der Waals surface area contributed by atoms with E-state index in [2.05, 4.69) is 4.74 Å². The van der Waals surface area contributed by atoms with Gasteiger partial charge in [0.05, 0.1) is 13.2 Å². The Bertz CT molecular complexity index is 971. The minimum absolute atomic E-state index is 0.0151. The molecule has 11 nitrogen and oxygen atoms in total. The summed E-state index contributed by atoms with van der Waals surface area (Å²) in [5.41, 5.74) is 0.464. The molecule has 2 amide bonds. The van der Waals surface area contributed by atoms with Gasteiger partial charge in [-0.2, -0.15) is 0 Å². The zero-order valence-electron chi connectivity index (χ0n) is 21.3. The number of likely N-dealkylation sites (tertiary alicyclic amines) is 2. The SMILES string of the molecule is CCOC(=O)COc1ccc(C(=O)CN2CCC(C3CCN(C(=O)OCOC(C)=O)CC3)CC2=O)cc1. The number of rotatable bonds is 10. The summed E-state index contributed by atoms with van der Waals surface area (Å²) in [5.74, 6) is -0.194. The second-order valence-electron chi connectivity index (χ2n) is 9.10. The topological polar surface area (TPSA) is 129 Å². The molecular formula is C26H34N2O9. The third kappa shape index (κ3) is 8.47. The number of Topliss-reactive ketones (excluding diaryl/α,β-unsaturated/α-hetero) is 1. The molecule has 2 fully saturated rings. The molecule has 0 aliphatic carbocycles. The van der Waals surface area contributed by atoms with E-state index in [-0.39, 0.29) is 37.4 Å². The second kappa shape index (κ2) is 13.6. The van der Waals surface area contributed by atoms with Gasteiger partial charge in [0.15, 0.2) is 12.4 Å². The van der Waals surface area contributed by atoms with E-state index in [1.807, 2.05) is 0 Å². The second-order valence-corrected chi connectivity index (χ2v) is 9.10. The maximum Gasteiger partial charge on any atom is 0.412 e. The molecule has 2 heterocycles. The molecule has 3 rings (SSSR count). The summed E-state index contributed by atoms with van der Waals surface area (Å²) >= 11 is 0. The lowest BCUT2D eigenvalue weighted by atomic mass is 9.78. The molecule has 11 heteroatoms. The Labute approximate surface area is 216 Å². The minimum Gasteiger partial charge on any atom is -0.482 e. The van der Waals surface area contributed by atoms with Gasteiger partial charge in [0.1, 0.15) is 5.75 Å². The van der Waals surface area contributed by atoms with Gasteiger partial charge < -0.3 is 28.7 Å². The Balaban J connectivity index is 1.40. The van der Waals surface area contributed by atoms with Crippen molar-refractivity contribution in [2.75, 3.05) is 46.2 Å². The lowest BCUT2D eigenvalue weighted by molar-refractivity contribution is -0.150. The van der Waals surface area contributed by atoms with Crippen molar-refractivity contribution in [3.63, 3.8) is 0 Å². The van der Waals surface area contributed by atoms with Crippen LogP contribution in [0.15, 0.2) is 24.3 Å². The highest BCUT2D eigenvalue weighted by Crippen LogP contribution is 2.33. The smallest absolute Gasteiger partial charge is 0.412 e. The first-order valence-electron chi connectivity index (χ1n) is 12.5. The molecule has 2 aliphatic heterocycles. The van der Waals surface area contributed by atoms with E-state index >= 15 is 0 Å². The van der Waals surface area contributed by atoms with Crippen molar-refractivity contribution in [3.8, 4) is 5.75 Å². The molecule has 202 valence electrons. The molecule has 1 atom stereocenters. The van der Waals surface area contributed by atoms with Crippen molar-refractivity contribution in [2.24, 2.45) is 11.8 Å². The van der Waals surface area contributed by atoms with E-state index in [0.717, 1.165) is 19.3 Å². The van der Waals surface area contributed by atoms with Crippen molar-refractivity contribution in [1.82, 2.24) is 9.80 Å². The van der Waals surface area contributed by atoms with Gasteiger partial charge in [-0.1, -0.05) is 0 Å². The van der Waals surface area contributed by atoms with Gasteiger partial charge in [0.25, 0.3) is 0 Å². The molecule has 0 radical (unpaired) electrons. The van der Waals surface area contributed by atoms with Crippen LogP contribution in [0.2, 0.25) is 0 Å². The van der Waals surface area contributed by atoms with Crippen molar-refractivity contribution >= 4 is 29.7 Å². The predicted octanol–water partition coefficient (Wildman–Crippen LogP) is 2.42. The van der Waals surface area contributed by atoms with Crippen LogP contribution < -0.4 is 4.74 Å². The molecule has 1 aromatic carbocycles. The molecule has 0 bridgehead atoms. The molecule has 2 saturated heterocycles. The lowest BCUT2D eigenvalue weighted by Crippen LogP contribution is -2.46. The number of carbonyl (C=O) groups is 5. The summed E-state index contributed by atoms with van der Waals surface area (Å²) in [6.45, 7) is 4.21. The van der Waals surface area contributed by atoms with E-state index in [9.17, 15) is 24.0 Å². The fourth-order valence-corrected chi connectivity index (χ4v) is 4.63. The summed E-state index contributed by atoms with van der Waals surface area (Å²) < 4.78 is 19.7. The van der Waals surface area contributed by atoms with Crippen LogP contribution in [0.25, 0.3) is 0 Å². The van der Waals surface area contributed by atoms with Crippen LogP contribution in [0.3, 0.4) is 0 Å². The predicted molar refractivity (Wildman–Crippen MR) is 130 cm³/mol. The normalized spacial score (nSPS) is 18.2. The highest BCUT2D eigenvalue weighted by molar-refractivity contribution is 5.99. The van der Waals surface area contributed by atoms with Gasteiger partial charge in [-0.3, -0.25) is 14.4 Å². The number of nitrogens with zero attached hydrogens (tertiary/aromatic N) is 2. The highest BCUT2D eigenvalue weighted by atomic mass is 16.7. The maximum atomic E-state index is 12.8. The van der Waals surface area contributed by atoms with Crippen LogP contribution in [0.1, 0.15) is 49.9 Å². The van der Waals surface area contributed by atoms with Gasteiger partial charge in [-0.05, 0) is 62.3 Å². The minimum atomic E-state index is -0.514. The van der Waals surface area contributed by atoms with Crippen LogP contribution in [-0.2, 0) is 28.6 Å². The van der Waals surface area contributed by atoms with Crippen molar-refractivity contribution in [3.05, 3.63) is 29.8 Å². The van der Waals surface area contributed by atoms with E-state index in [1.54, 1.807) is 41.0 Å². The third-order valence-electron chi connectivity index (χ3n) is 6.64. The van der Waals surface area contributed by atoms with Gasteiger partial charge in [-0.15, -0.1) is 0 Å². The van der Waals surface area contributed by atoms with Crippen LogP contribution in [0.4, 0.5) is 4.79 Å². The molecule has 0 spiro atoms. The molecular weight excluding hydrogens is 484 g/mol. The number of hydrogen-bond donors (Lipinski definition) is 0. The number of amides is 2. The molecule has 1 unspecified atom stereocenters. The molecule has 1 aromatic rings. The Kier molecular flexibility index (Phi) is 10.3. The van der Waals surface area contributed by atoms with Crippen LogP contribution >= 0.6 is 0 Å². The molecule has 0 saturated carbocycles. The zero-order valence-corrected chi connectivity index (χ0v) is 21.3. The third-order valence-corrected chi connectivity index (χ3v) is 6.64. The standard InChI is InChI=1S/C26H34N2O9/c1-3-34-25(32)16-35-22-6-4-20(5-7-22)23(30)15-28-13-10-21(14-24(28)31)19-8-11-27(12-9-19)26(33)37-17-36-18(2)29/h4-7,19,21H,3,8-17H2,1-2H3. The Hall–Kier alpha value is -3.63. The van der Waals surface area contributed by atoms with Gasteiger partial charge in [-0.25, -0.2) is 9.59 Å². The number of piperidine rings is 2. The quantitative estimate of drug-likeness (QED) is 0.260. The summed E-state index contributed by atoms with van der Waals surface area (Å²) in [4.78, 5) is 63.0. The number of ether oxygens (including phenoxy) is 4. The number of carbonyl (C=O) groups excluding carboxylic acids is 5. The number of ketones is 1. The number of benzene rings is 1. The number of esters is 2. The zero-order chi connectivity index (χ0) is 26.8. The van der Waals surface area contributed by atoms with E-state index < -0.39 is 24.8 Å². The fourth-order valence-electron chi connectivity index (χ4n) is 4.63. The van der Waals surface area contributed by atoms with Crippen molar-refractivity contribution in [1.29, 1.82) is 0 Å². The first-order chi connectivity index (χ1) is 17.8.